The van der Waals surface area contributed by atoms with Crippen molar-refractivity contribution in [3.05, 3.63) is 41.0 Å². The zero-order valence-electron chi connectivity index (χ0n) is 14.3. The largest absolute Gasteiger partial charge is 0.508 e. The van der Waals surface area contributed by atoms with E-state index in [9.17, 15) is 18.3 Å². The van der Waals surface area contributed by atoms with Gasteiger partial charge in [-0.05, 0) is 0 Å². The van der Waals surface area contributed by atoms with Crippen LogP contribution < -0.4 is 9.47 Å². The summed E-state index contributed by atoms with van der Waals surface area (Å²) < 4.78 is 48.8. The number of ether oxygens (including phenoxy) is 2. The van der Waals surface area contributed by atoms with Gasteiger partial charge in [-0.25, -0.2) is 9.97 Å². The number of aromatic hydroxyl groups is 1. The molecule has 3 rings (SSSR count). The van der Waals surface area contributed by atoms with E-state index in [0.29, 0.717) is 48.8 Å². The minimum Gasteiger partial charge on any atom is -0.508 e. The van der Waals surface area contributed by atoms with Crippen molar-refractivity contribution in [2.75, 3.05) is 20.8 Å². The molecule has 1 aliphatic rings. The summed E-state index contributed by atoms with van der Waals surface area (Å²) >= 11 is 0. The molecule has 6 nitrogen and oxygen atoms in total. The Morgan fingerprint density at radius 3 is 2.42 bits per heavy atom. The van der Waals surface area contributed by atoms with E-state index in [-0.39, 0.29) is 5.75 Å². The Morgan fingerprint density at radius 2 is 1.85 bits per heavy atom. The van der Waals surface area contributed by atoms with Crippen molar-refractivity contribution in [1.29, 1.82) is 0 Å². The van der Waals surface area contributed by atoms with E-state index in [1.807, 2.05) is 4.90 Å². The van der Waals surface area contributed by atoms with E-state index in [0.717, 1.165) is 5.56 Å². The minimum atomic E-state index is -4.54. The number of phenols is 1. The molecule has 1 aromatic carbocycles. The van der Waals surface area contributed by atoms with Crippen LogP contribution in [-0.2, 0) is 25.7 Å². The molecule has 1 aliphatic heterocycles. The molecule has 1 N–H and O–H groups in total. The van der Waals surface area contributed by atoms with Gasteiger partial charge in [-0.15, -0.1) is 0 Å². The number of methoxy groups -OCH3 is 2. The van der Waals surface area contributed by atoms with Crippen molar-refractivity contribution in [3.63, 3.8) is 0 Å². The number of phenolic OH excluding ortho intramolecular Hbond substituents is 1. The maximum atomic E-state index is 12.7. The number of fused-ring (bicyclic) bond motifs is 1. The molecular formula is C17H18F3N3O3. The van der Waals surface area contributed by atoms with Crippen LogP contribution in [0.2, 0.25) is 0 Å². The Bertz CT molecular complexity index is 787. The van der Waals surface area contributed by atoms with E-state index < -0.39 is 12.0 Å². The van der Waals surface area contributed by atoms with Gasteiger partial charge in [0.05, 0.1) is 25.5 Å². The fourth-order valence-electron chi connectivity index (χ4n) is 3.00. The van der Waals surface area contributed by atoms with Crippen LogP contribution in [0.4, 0.5) is 13.2 Å². The van der Waals surface area contributed by atoms with E-state index in [2.05, 4.69) is 9.97 Å². The van der Waals surface area contributed by atoms with Gasteiger partial charge >= 0.3 is 6.18 Å². The first kappa shape index (κ1) is 18.2. The van der Waals surface area contributed by atoms with Crippen LogP contribution in [0.1, 0.15) is 22.6 Å². The minimum absolute atomic E-state index is 0.0273. The number of halogens is 3. The summed E-state index contributed by atoms with van der Waals surface area (Å²) in [5.74, 6) is -0.112. The molecule has 2 aromatic rings. The van der Waals surface area contributed by atoms with Crippen LogP contribution in [0.25, 0.3) is 0 Å². The highest BCUT2D eigenvalue weighted by Gasteiger charge is 2.35. The SMILES string of the molecule is COc1cc(O)cc(OC)c1CN1CCc2nc(C(F)(F)F)ncc2C1. The zero-order valence-corrected chi connectivity index (χ0v) is 14.3. The monoisotopic (exact) mass is 369 g/mol. The third-order valence-corrected chi connectivity index (χ3v) is 4.24. The van der Waals surface area contributed by atoms with Crippen molar-refractivity contribution in [2.45, 2.75) is 25.7 Å². The summed E-state index contributed by atoms with van der Waals surface area (Å²) in [6.45, 7) is 1.40. The van der Waals surface area contributed by atoms with E-state index in [1.165, 1.54) is 32.5 Å². The van der Waals surface area contributed by atoms with Crippen molar-refractivity contribution < 1.29 is 27.8 Å². The molecule has 140 valence electrons. The van der Waals surface area contributed by atoms with Crippen LogP contribution in [0.3, 0.4) is 0 Å². The molecule has 26 heavy (non-hydrogen) atoms. The first-order valence-electron chi connectivity index (χ1n) is 7.90. The number of hydrogen-bond donors (Lipinski definition) is 1. The van der Waals surface area contributed by atoms with Crippen LogP contribution in [0, 0.1) is 0 Å². The molecular weight excluding hydrogens is 351 g/mol. The molecule has 9 heteroatoms. The Kier molecular flexibility index (Phi) is 4.90. The summed E-state index contributed by atoms with van der Waals surface area (Å²) in [6, 6.07) is 2.99. The Hall–Kier alpha value is -2.55. The number of aromatic nitrogens is 2. The number of hydrogen-bond acceptors (Lipinski definition) is 6. The summed E-state index contributed by atoms with van der Waals surface area (Å²) in [6.07, 6.45) is -2.91. The predicted octanol–water partition coefficient (Wildman–Crippen LogP) is 2.78. The van der Waals surface area contributed by atoms with Crippen LogP contribution in [0.5, 0.6) is 17.2 Å². The molecule has 1 aromatic heterocycles. The van der Waals surface area contributed by atoms with E-state index in [1.54, 1.807) is 0 Å². The van der Waals surface area contributed by atoms with Gasteiger partial charge in [0.15, 0.2) is 0 Å². The van der Waals surface area contributed by atoms with Crippen LogP contribution >= 0.6 is 0 Å². The lowest BCUT2D eigenvalue weighted by Gasteiger charge is -2.29. The fraction of sp³-hybridized carbons (Fsp3) is 0.412. The third kappa shape index (κ3) is 3.67. The number of rotatable bonds is 4. The number of alkyl halides is 3. The Balaban J connectivity index is 1.82. The molecule has 0 fully saturated rings. The van der Waals surface area contributed by atoms with E-state index >= 15 is 0 Å². The van der Waals surface area contributed by atoms with Gasteiger partial charge in [-0.1, -0.05) is 0 Å². The smallest absolute Gasteiger partial charge is 0.451 e. The molecule has 0 spiro atoms. The lowest BCUT2D eigenvalue weighted by atomic mass is 10.1. The van der Waals surface area contributed by atoms with Crippen LogP contribution in [0.15, 0.2) is 18.3 Å². The maximum Gasteiger partial charge on any atom is 0.451 e. The summed E-state index contributed by atoms with van der Waals surface area (Å²) in [5, 5.41) is 9.73. The van der Waals surface area contributed by atoms with E-state index in [4.69, 9.17) is 9.47 Å². The van der Waals surface area contributed by atoms with Gasteiger partial charge in [0, 0.05) is 49.9 Å². The Labute approximate surface area is 148 Å². The summed E-state index contributed by atoms with van der Waals surface area (Å²) in [5.41, 5.74) is 1.85. The van der Waals surface area contributed by atoms with Gasteiger partial charge in [0.25, 0.3) is 0 Å². The lowest BCUT2D eigenvalue weighted by Crippen LogP contribution is -2.32. The summed E-state index contributed by atoms with van der Waals surface area (Å²) in [7, 11) is 2.99. The zero-order chi connectivity index (χ0) is 18.9. The van der Waals surface area contributed by atoms with Crippen molar-refractivity contribution in [1.82, 2.24) is 14.9 Å². The highest BCUT2D eigenvalue weighted by molar-refractivity contribution is 5.50. The highest BCUT2D eigenvalue weighted by Crippen LogP contribution is 2.35. The first-order valence-corrected chi connectivity index (χ1v) is 7.90. The first-order chi connectivity index (χ1) is 12.3. The van der Waals surface area contributed by atoms with Gasteiger partial charge < -0.3 is 14.6 Å². The van der Waals surface area contributed by atoms with Crippen molar-refractivity contribution >= 4 is 0 Å². The molecule has 2 heterocycles. The quantitative estimate of drug-likeness (QED) is 0.894. The van der Waals surface area contributed by atoms with Gasteiger partial charge in [0.2, 0.25) is 5.82 Å². The molecule has 0 unspecified atom stereocenters. The van der Waals surface area contributed by atoms with Gasteiger partial charge in [-0.3, -0.25) is 4.90 Å². The number of nitrogens with zero attached hydrogens (tertiary/aromatic N) is 3. The van der Waals surface area contributed by atoms with Crippen molar-refractivity contribution in [2.24, 2.45) is 0 Å². The molecule has 0 saturated heterocycles. The second-order valence-corrected chi connectivity index (χ2v) is 5.95. The normalized spacial score (nSPS) is 14.8. The second kappa shape index (κ2) is 6.99. The molecule has 0 amide bonds. The second-order valence-electron chi connectivity index (χ2n) is 5.95. The average molecular weight is 369 g/mol. The third-order valence-electron chi connectivity index (χ3n) is 4.24. The standard InChI is InChI=1S/C17H18F3N3O3/c1-25-14-5-11(24)6-15(26-2)12(14)9-23-4-3-13-10(8-23)7-21-16(22-13)17(18,19)20/h5-7,24H,3-4,8-9H2,1-2H3. The molecule has 0 radical (unpaired) electrons. The van der Waals surface area contributed by atoms with Gasteiger partial charge in [0.1, 0.15) is 17.2 Å². The van der Waals surface area contributed by atoms with Gasteiger partial charge in [-0.2, -0.15) is 13.2 Å². The van der Waals surface area contributed by atoms with Crippen molar-refractivity contribution in [3.8, 4) is 17.2 Å². The topological polar surface area (TPSA) is 67.7 Å². The molecule has 0 aliphatic carbocycles. The van der Waals surface area contributed by atoms with Crippen LogP contribution in [-0.4, -0.2) is 40.7 Å². The maximum absolute atomic E-state index is 12.7. The lowest BCUT2D eigenvalue weighted by molar-refractivity contribution is -0.145. The Morgan fingerprint density at radius 1 is 1.19 bits per heavy atom. The molecule has 0 bridgehead atoms. The fourth-order valence-corrected chi connectivity index (χ4v) is 3.00. The highest BCUT2D eigenvalue weighted by atomic mass is 19.4. The molecule has 0 atom stereocenters. The number of benzene rings is 1. The predicted molar refractivity (Wildman–Crippen MR) is 86.1 cm³/mol. The average Bonchev–Trinajstić information content (AvgIpc) is 2.61. The molecule has 0 saturated carbocycles. The summed E-state index contributed by atoms with van der Waals surface area (Å²) in [4.78, 5) is 9.14.